The van der Waals surface area contributed by atoms with E-state index in [1.807, 2.05) is 0 Å². The van der Waals surface area contributed by atoms with E-state index in [1.165, 1.54) is 30.5 Å². The second-order valence-electron chi connectivity index (χ2n) is 8.92. The molecule has 3 aromatic heterocycles. The standard InChI is InChI=1S/C26H16BrCl3F3N9O2/c27-14-8-16(23(43)35-11-13-4-1-2-5-17(13)28)21(19(30)9-14)36-24(44)20-10-15(12-41-39-25(37-40-41)26(31,32)33)38-42(20)22-18(29)6-3-7-34-22/h1-10H,11-12H2,(H,35,43)(H,36,44). The Balaban J connectivity index is 1.47. The quantitative estimate of drug-likeness (QED) is 0.194. The maximum atomic E-state index is 13.7. The van der Waals surface area contributed by atoms with E-state index in [1.54, 1.807) is 30.3 Å². The van der Waals surface area contributed by atoms with Gasteiger partial charge in [-0.25, -0.2) is 9.67 Å². The highest BCUT2D eigenvalue weighted by Crippen LogP contribution is 2.32. The molecule has 2 aromatic carbocycles. The first-order chi connectivity index (χ1) is 20.9. The van der Waals surface area contributed by atoms with Crippen LogP contribution in [0, 0.1) is 0 Å². The Labute approximate surface area is 269 Å². The molecule has 0 saturated heterocycles. The fraction of sp³-hybridized carbons (Fsp3) is 0.115. The average Bonchev–Trinajstić information content (AvgIpc) is 3.62. The van der Waals surface area contributed by atoms with Crippen LogP contribution in [-0.4, -0.2) is 46.8 Å². The summed E-state index contributed by atoms with van der Waals surface area (Å²) < 4.78 is 40.5. The van der Waals surface area contributed by atoms with Crippen molar-refractivity contribution in [3.8, 4) is 5.82 Å². The van der Waals surface area contributed by atoms with Gasteiger partial charge in [0.25, 0.3) is 17.6 Å². The lowest BCUT2D eigenvalue weighted by atomic mass is 10.1. The van der Waals surface area contributed by atoms with E-state index >= 15 is 0 Å². The molecule has 0 aliphatic heterocycles. The molecule has 0 spiro atoms. The smallest absolute Gasteiger partial charge is 0.348 e. The summed E-state index contributed by atoms with van der Waals surface area (Å²) in [5.74, 6) is -2.75. The van der Waals surface area contributed by atoms with Crippen LogP contribution in [0.1, 0.15) is 37.9 Å². The van der Waals surface area contributed by atoms with E-state index in [0.29, 0.717) is 19.9 Å². The minimum Gasteiger partial charge on any atom is -0.348 e. The van der Waals surface area contributed by atoms with Crippen molar-refractivity contribution in [2.24, 2.45) is 0 Å². The van der Waals surface area contributed by atoms with Crippen LogP contribution in [0.5, 0.6) is 0 Å². The number of aromatic nitrogens is 7. The van der Waals surface area contributed by atoms with Crippen LogP contribution in [0.2, 0.25) is 15.1 Å². The largest absolute Gasteiger partial charge is 0.455 e. The van der Waals surface area contributed by atoms with Crippen molar-refractivity contribution in [2.75, 3.05) is 5.32 Å². The molecule has 0 fully saturated rings. The number of pyridine rings is 1. The molecule has 0 aliphatic carbocycles. The summed E-state index contributed by atoms with van der Waals surface area (Å²) >= 11 is 22.3. The third-order valence-corrected chi connectivity index (χ3v) is 7.30. The van der Waals surface area contributed by atoms with Crippen molar-refractivity contribution in [1.82, 2.24) is 40.3 Å². The normalized spacial score (nSPS) is 11.4. The molecule has 2 amide bonds. The molecule has 3 heterocycles. The van der Waals surface area contributed by atoms with Gasteiger partial charge < -0.3 is 10.6 Å². The molecule has 2 N–H and O–H groups in total. The summed E-state index contributed by atoms with van der Waals surface area (Å²) in [4.78, 5) is 31.8. The Morgan fingerprint density at radius 1 is 0.932 bits per heavy atom. The second kappa shape index (κ2) is 12.9. The maximum Gasteiger partial charge on any atom is 0.455 e. The van der Waals surface area contributed by atoms with Gasteiger partial charge in [0.1, 0.15) is 12.2 Å². The molecule has 0 unspecified atom stereocenters. The van der Waals surface area contributed by atoms with Gasteiger partial charge in [-0.15, -0.1) is 10.2 Å². The molecule has 18 heteroatoms. The van der Waals surface area contributed by atoms with Crippen LogP contribution in [0.15, 0.2) is 65.3 Å². The number of hydrogen-bond donors (Lipinski definition) is 2. The number of benzene rings is 2. The van der Waals surface area contributed by atoms with Crippen LogP contribution in [0.25, 0.3) is 5.82 Å². The van der Waals surface area contributed by atoms with E-state index in [4.69, 9.17) is 34.8 Å². The number of carbonyl (C=O) groups excluding carboxylic acids is 2. The van der Waals surface area contributed by atoms with Crippen molar-refractivity contribution in [1.29, 1.82) is 0 Å². The van der Waals surface area contributed by atoms with Gasteiger partial charge in [0.15, 0.2) is 5.82 Å². The van der Waals surface area contributed by atoms with Crippen LogP contribution in [0.3, 0.4) is 0 Å². The summed E-state index contributed by atoms with van der Waals surface area (Å²) in [6, 6.07) is 14.3. The Hall–Kier alpha value is -4.05. The van der Waals surface area contributed by atoms with E-state index < -0.39 is 23.8 Å². The third-order valence-electron chi connectivity index (χ3n) is 5.88. The van der Waals surface area contributed by atoms with E-state index in [9.17, 15) is 22.8 Å². The van der Waals surface area contributed by atoms with Gasteiger partial charge in [0.05, 0.1) is 27.0 Å². The predicted molar refractivity (Wildman–Crippen MR) is 158 cm³/mol. The van der Waals surface area contributed by atoms with Gasteiger partial charge in [-0.1, -0.05) is 68.9 Å². The highest BCUT2D eigenvalue weighted by atomic mass is 79.9. The fourth-order valence-electron chi connectivity index (χ4n) is 3.90. The number of nitrogens with one attached hydrogen (secondary N) is 2. The van der Waals surface area contributed by atoms with Crippen LogP contribution >= 0.6 is 50.7 Å². The summed E-state index contributed by atoms with van der Waals surface area (Å²) in [5, 5.41) is 20.0. The summed E-state index contributed by atoms with van der Waals surface area (Å²) in [7, 11) is 0. The Kier molecular flexibility index (Phi) is 9.20. The predicted octanol–water partition coefficient (Wildman–Crippen LogP) is 6.23. The van der Waals surface area contributed by atoms with E-state index in [0.717, 1.165) is 4.68 Å². The average molecular weight is 730 g/mol. The Morgan fingerprint density at radius 3 is 2.39 bits per heavy atom. The molecule has 5 rings (SSSR count). The number of amides is 2. The van der Waals surface area contributed by atoms with Crippen LogP contribution < -0.4 is 10.6 Å². The van der Waals surface area contributed by atoms with Crippen molar-refractivity contribution in [3.05, 3.63) is 109 Å². The lowest BCUT2D eigenvalue weighted by Crippen LogP contribution is -2.26. The Morgan fingerprint density at radius 2 is 1.68 bits per heavy atom. The van der Waals surface area contributed by atoms with Crippen molar-refractivity contribution >= 4 is 68.2 Å². The number of nitrogens with zero attached hydrogens (tertiary/aromatic N) is 7. The first-order valence-corrected chi connectivity index (χ1v) is 14.2. The number of hydrogen-bond acceptors (Lipinski definition) is 7. The third kappa shape index (κ3) is 7.01. The number of halogens is 7. The summed E-state index contributed by atoms with van der Waals surface area (Å²) in [5.41, 5.74) is 0.604. The maximum absolute atomic E-state index is 13.7. The molecular weight excluding hydrogens is 714 g/mol. The van der Waals surface area contributed by atoms with Gasteiger partial charge in [0, 0.05) is 22.2 Å². The SMILES string of the molecule is O=C(NCc1ccccc1Cl)c1cc(Br)cc(Cl)c1NC(=O)c1cc(Cn2nnc(C(F)(F)F)n2)nn1-c1ncccc1Cl. The van der Waals surface area contributed by atoms with E-state index in [-0.39, 0.29) is 51.6 Å². The van der Waals surface area contributed by atoms with Gasteiger partial charge in [-0.05, 0) is 47.2 Å². The number of tetrazole rings is 1. The van der Waals surface area contributed by atoms with Gasteiger partial charge in [-0.2, -0.15) is 23.1 Å². The van der Waals surface area contributed by atoms with Gasteiger partial charge in [-0.3, -0.25) is 9.59 Å². The molecule has 0 atom stereocenters. The topological polar surface area (TPSA) is 133 Å². The number of alkyl halides is 3. The van der Waals surface area contributed by atoms with Crippen molar-refractivity contribution in [2.45, 2.75) is 19.3 Å². The second-order valence-corrected chi connectivity index (χ2v) is 11.1. The first-order valence-electron chi connectivity index (χ1n) is 12.3. The molecule has 0 saturated carbocycles. The van der Waals surface area contributed by atoms with E-state index in [2.05, 4.69) is 52.1 Å². The van der Waals surface area contributed by atoms with Gasteiger partial charge >= 0.3 is 6.18 Å². The zero-order valence-electron chi connectivity index (χ0n) is 21.8. The van der Waals surface area contributed by atoms with Crippen LogP contribution in [-0.2, 0) is 19.3 Å². The van der Waals surface area contributed by atoms with Crippen LogP contribution in [0.4, 0.5) is 18.9 Å². The zero-order chi connectivity index (χ0) is 31.6. The van der Waals surface area contributed by atoms with Crippen molar-refractivity contribution in [3.63, 3.8) is 0 Å². The minimum atomic E-state index is -4.80. The molecular formula is C26H16BrCl3F3N9O2. The number of anilines is 1. The summed E-state index contributed by atoms with van der Waals surface area (Å²) in [6.45, 7) is -0.285. The minimum absolute atomic E-state index is 0.0225. The molecule has 0 aliphatic rings. The lowest BCUT2D eigenvalue weighted by molar-refractivity contribution is -0.145. The molecule has 11 nitrogen and oxygen atoms in total. The fourth-order valence-corrected chi connectivity index (χ4v) is 5.16. The number of rotatable bonds is 8. The highest BCUT2D eigenvalue weighted by Gasteiger charge is 2.37. The molecule has 0 bridgehead atoms. The molecule has 44 heavy (non-hydrogen) atoms. The number of carbonyl (C=O) groups is 2. The highest BCUT2D eigenvalue weighted by molar-refractivity contribution is 9.10. The first kappa shape index (κ1) is 31.4. The van der Waals surface area contributed by atoms with Gasteiger partial charge in [0.2, 0.25) is 0 Å². The summed E-state index contributed by atoms with van der Waals surface area (Å²) in [6.07, 6.45) is -3.39. The monoisotopic (exact) mass is 727 g/mol. The Bertz CT molecular complexity index is 1880. The van der Waals surface area contributed by atoms with Crippen molar-refractivity contribution < 1.29 is 22.8 Å². The molecule has 5 aromatic rings. The lowest BCUT2D eigenvalue weighted by Gasteiger charge is -2.15. The zero-order valence-corrected chi connectivity index (χ0v) is 25.6. The molecule has 0 radical (unpaired) electrons. The molecule has 226 valence electrons.